The van der Waals surface area contributed by atoms with E-state index in [-0.39, 0.29) is 0 Å². The average Bonchev–Trinajstić information content (AvgIpc) is 2.90. The maximum Gasteiger partial charge on any atom is 0.289 e. The van der Waals surface area contributed by atoms with Crippen LogP contribution in [0.15, 0.2) is 29.4 Å². The van der Waals surface area contributed by atoms with E-state index in [0.29, 0.717) is 12.6 Å². The zero-order valence-electron chi connectivity index (χ0n) is 8.97. The molecule has 0 atom stereocenters. The molecule has 1 aromatic carbocycles. The Hall–Kier alpha value is -2.04. The van der Waals surface area contributed by atoms with E-state index in [1.165, 1.54) is 0 Å². The zero-order valence-corrected chi connectivity index (χ0v) is 8.97. The van der Waals surface area contributed by atoms with Gasteiger partial charge in [-0.3, -0.25) is 4.68 Å². The van der Waals surface area contributed by atoms with Gasteiger partial charge in [-0.15, -0.1) is 0 Å². The fourth-order valence-corrected chi connectivity index (χ4v) is 1.86. The Labute approximate surface area is 92.7 Å². The lowest BCUT2D eigenvalue weighted by Crippen LogP contribution is -2.12. The topological polar surface area (TPSA) is 51.4 Å². The Morgan fingerprint density at radius 3 is 3.19 bits per heavy atom. The molecule has 0 amide bonds. The van der Waals surface area contributed by atoms with Gasteiger partial charge < -0.3 is 10.1 Å². The third-order valence-electron chi connectivity index (χ3n) is 2.59. The van der Waals surface area contributed by atoms with Crippen LogP contribution in [-0.4, -0.2) is 29.0 Å². The predicted molar refractivity (Wildman–Crippen MR) is 62.6 cm³/mol. The lowest BCUT2D eigenvalue weighted by atomic mass is 10.2. The number of hydrogen-bond acceptors (Lipinski definition) is 4. The summed E-state index contributed by atoms with van der Waals surface area (Å²) in [5, 5.41) is 8.51. The van der Waals surface area contributed by atoms with Crippen molar-refractivity contribution < 1.29 is 4.74 Å². The molecule has 82 valence electrons. The van der Waals surface area contributed by atoms with Crippen LogP contribution in [0.5, 0.6) is 0 Å². The Bertz CT molecular complexity index is 558. The highest BCUT2D eigenvalue weighted by Gasteiger charge is 2.11. The van der Waals surface area contributed by atoms with E-state index in [1.54, 1.807) is 0 Å². The lowest BCUT2D eigenvalue weighted by molar-refractivity contribution is 0.346. The van der Waals surface area contributed by atoms with Crippen LogP contribution in [0.2, 0.25) is 0 Å². The van der Waals surface area contributed by atoms with Gasteiger partial charge in [-0.25, -0.2) is 4.99 Å². The maximum atomic E-state index is 5.33. The summed E-state index contributed by atoms with van der Waals surface area (Å²) in [4.78, 5) is 4.21. The molecule has 0 aliphatic carbocycles. The fraction of sp³-hybridized carbons (Fsp3) is 0.273. The number of amidine groups is 1. The highest BCUT2D eigenvalue weighted by atomic mass is 16.5. The summed E-state index contributed by atoms with van der Waals surface area (Å²) in [6.45, 7) is 1.38. The van der Waals surface area contributed by atoms with Gasteiger partial charge in [-0.1, -0.05) is 12.1 Å². The number of hydrogen-bond donors (Lipinski definition) is 1. The van der Waals surface area contributed by atoms with Crippen LogP contribution in [0.3, 0.4) is 0 Å². The number of nitrogens with one attached hydrogen (secondary N) is 1. The van der Waals surface area contributed by atoms with Crippen LogP contribution in [0.1, 0.15) is 0 Å². The highest BCUT2D eigenvalue weighted by molar-refractivity contribution is 5.99. The molecule has 1 aliphatic heterocycles. The predicted octanol–water partition coefficient (Wildman–Crippen LogP) is 1.37. The zero-order chi connectivity index (χ0) is 11.0. The summed E-state index contributed by atoms with van der Waals surface area (Å²) >= 11 is 0. The van der Waals surface area contributed by atoms with Crippen molar-refractivity contribution in [2.45, 2.75) is 0 Å². The molecule has 1 aromatic heterocycles. The maximum absolute atomic E-state index is 5.33. The molecular weight excluding hydrogens is 204 g/mol. The van der Waals surface area contributed by atoms with Crippen molar-refractivity contribution in [3.63, 3.8) is 0 Å². The monoisotopic (exact) mass is 216 g/mol. The van der Waals surface area contributed by atoms with E-state index in [1.807, 2.05) is 36.1 Å². The quantitative estimate of drug-likeness (QED) is 0.783. The number of benzene rings is 1. The van der Waals surface area contributed by atoms with E-state index in [4.69, 9.17) is 4.74 Å². The molecule has 5 heteroatoms. The largest absolute Gasteiger partial charge is 0.463 e. The molecule has 0 bridgehead atoms. The molecule has 0 unspecified atom stereocenters. The molecule has 0 spiro atoms. The van der Waals surface area contributed by atoms with Gasteiger partial charge in [0, 0.05) is 12.4 Å². The first kappa shape index (κ1) is 9.21. The van der Waals surface area contributed by atoms with Gasteiger partial charge in [0.25, 0.3) is 6.02 Å². The van der Waals surface area contributed by atoms with Crippen LogP contribution in [0, 0.1) is 0 Å². The second-order valence-corrected chi connectivity index (χ2v) is 3.67. The molecule has 3 rings (SSSR count). The second kappa shape index (κ2) is 3.52. The van der Waals surface area contributed by atoms with Crippen molar-refractivity contribution in [3.05, 3.63) is 24.4 Å². The Morgan fingerprint density at radius 2 is 2.38 bits per heavy atom. The van der Waals surface area contributed by atoms with Crippen LogP contribution in [0.25, 0.3) is 10.9 Å². The Balaban J connectivity index is 2.05. The summed E-state index contributed by atoms with van der Waals surface area (Å²) in [5.74, 6) is 0. The van der Waals surface area contributed by atoms with E-state index >= 15 is 0 Å². The molecule has 1 N–H and O–H groups in total. The Morgan fingerprint density at radius 1 is 1.44 bits per heavy atom. The number of aromatic nitrogens is 2. The summed E-state index contributed by atoms with van der Waals surface area (Å²) in [6, 6.07) is 6.61. The third kappa shape index (κ3) is 1.41. The van der Waals surface area contributed by atoms with Gasteiger partial charge in [0.15, 0.2) is 0 Å². The fourth-order valence-electron chi connectivity index (χ4n) is 1.86. The third-order valence-corrected chi connectivity index (χ3v) is 2.59. The van der Waals surface area contributed by atoms with Crippen molar-refractivity contribution in [2.75, 3.05) is 18.5 Å². The standard InChI is InChI=1S/C11H12N4O/c1-15-10-8(7-13-15)3-2-4-9(10)14-11-12-5-6-16-11/h2-4,7H,5-6H2,1H3,(H,12,14). The molecule has 0 radical (unpaired) electrons. The summed E-state index contributed by atoms with van der Waals surface area (Å²) in [6.07, 6.45) is 1.85. The van der Waals surface area contributed by atoms with Gasteiger partial charge in [-0.05, 0) is 6.07 Å². The number of para-hydroxylation sites is 1. The molecule has 1 aliphatic rings. The number of fused-ring (bicyclic) bond motifs is 1. The summed E-state index contributed by atoms with van der Waals surface area (Å²) in [5.41, 5.74) is 2.03. The van der Waals surface area contributed by atoms with Crippen LogP contribution < -0.4 is 5.32 Å². The van der Waals surface area contributed by atoms with E-state index < -0.39 is 0 Å². The number of rotatable bonds is 1. The van der Waals surface area contributed by atoms with E-state index in [0.717, 1.165) is 23.1 Å². The minimum absolute atomic E-state index is 0.591. The molecule has 2 aromatic rings. The minimum atomic E-state index is 0.591. The average molecular weight is 216 g/mol. The van der Waals surface area contributed by atoms with Crippen molar-refractivity contribution in [3.8, 4) is 0 Å². The van der Waals surface area contributed by atoms with Crippen molar-refractivity contribution in [1.82, 2.24) is 9.78 Å². The number of aryl methyl sites for hydroxylation is 1. The number of anilines is 1. The van der Waals surface area contributed by atoms with Gasteiger partial charge in [0.2, 0.25) is 0 Å². The van der Waals surface area contributed by atoms with Crippen LogP contribution in [0.4, 0.5) is 5.69 Å². The smallest absolute Gasteiger partial charge is 0.289 e. The van der Waals surface area contributed by atoms with Crippen molar-refractivity contribution in [2.24, 2.45) is 12.0 Å². The van der Waals surface area contributed by atoms with Crippen molar-refractivity contribution >= 4 is 22.6 Å². The van der Waals surface area contributed by atoms with Gasteiger partial charge in [0.1, 0.15) is 6.61 Å². The molecule has 0 fully saturated rings. The molecule has 16 heavy (non-hydrogen) atoms. The number of aliphatic imine (C=N–C) groups is 1. The van der Waals surface area contributed by atoms with Gasteiger partial charge in [0.05, 0.1) is 23.9 Å². The Kier molecular flexibility index (Phi) is 2.02. The van der Waals surface area contributed by atoms with Crippen molar-refractivity contribution in [1.29, 1.82) is 0 Å². The van der Waals surface area contributed by atoms with E-state index in [9.17, 15) is 0 Å². The van der Waals surface area contributed by atoms with E-state index in [2.05, 4.69) is 15.4 Å². The normalized spacial score (nSPS) is 14.9. The highest BCUT2D eigenvalue weighted by Crippen LogP contribution is 2.22. The molecule has 0 saturated carbocycles. The minimum Gasteiger partial charge on any atom is -0.463 e. The molecule has 2 heterocycles. The second-order valence-electron chi connectivity index (χ2n) is 3.67. The molecular formula is C11H12N4O. The van der Waals surface area contributed by atoms with Crippen LogP contribution in [-0.2, 0) is 11.8 Å². The number of ether oxygens (including phenoxy) is 1. The summed E-state index contributed by atoms with van der Waals surface area (Å²) in [7, 11) is 1.92. The SMILES string of the molecule is Cn1ncc2cccc(NC3=NCCO3)c21. The first-order chi connectivity index (χ1) is 7.84. The number of nitrogens with zero attached hydrogens (tertiary/aromatic N) is 3. The van der Waals surface area contributed by atoms with Gasteiger partial charge >= 0.3 is 0 Å². The molecule has 5 nitrogen and oxygen atoms in total. The van der Waals surface area contributed by atoms with Gasteiger partial charge in [-0.2, -0.15) is 5.10 Å². The first-order valence-corrected chi connectivity index (χ1v) is 5.19. The van der Waals surface area contributed by atoms with Crippen LogP contribution >= 0.6 is 0 Å². The lowest BCUT2D eigenvalue weighted by Gasteiger charge is -2.07. The summed E-state index contributed by atoms with van der Waals surface area (Å²) < 4.78 is 7.17. The first-order valence-electron chi connectivity index (χ1n) is 5.19. The molecule has 0 saturated heterocycles.